The molecule has 2 fully saturated rings. The molecule has 1 aliphatic carbocycles. The van der Waals surface area contributed by atoms with Crippen LogP contribution in [0, 0.1) is 11.7 Å². The van der Waals surface area contributed by atoms with Crippen molar-refractivity contribution in [3.8, 4) is 0 Å². The third kappa shape index (κ3) is 8.02. The van der Waals surface area contributed by atoms with Gasteiger partial charge in [0.15, 0.2) is 5.96 Å². The molecular formula is C22H35FIN3O2. The number of nitrogens with zero attached hydrogens (tertiary/aromatic N) is 1. The predicted octanol–water partition coefficient (Wildman–Crippen LogP) is 3.86. The van der Waals surface area contributed by atoms with Crippen molar-refractivity contribution < 1.29 is 13.9 Å². The molecule has 2 aliphatic rings. The number of nitrogens with one attached hydrogen (secondary N) is 2. The molecule has 5 nitrogen and oxygen atoms in total. The molecule has 1 aromatic rings. The van der Waals surface area contributed by atoms with E-state index >= 15 is 0 Å². The van der Waals surface area contributed by atoms with Gasteiger partial charge in [-0.05, 0) is 62.6 Å². The van der Waals surface area contributed by atoms with E-state index in [1.807, 2.05) is 12.1 Å². The van der Waals surface area contributed by atoms with E-state index in [0.717, 1.165) is 76.2 Å². The molecule has 1 saturated carbocycles. The quantitative estimate of drug-likeness (QED) is 0.213. The van der Waals surface area contributed by atoms with Crippen molar-refractivity contribution >= 4 is 29.9 Å². The molecule has 0 amide bonds. The monoisotopic (exact) mass is 519 g/mol. The van der Waals surface area contributed by atoms with Crippen LogP contribution < -0.4 is 10.6 Å². The first-order valence-corrected chi connectivity index (χ1v) is 10.7. The van der Waals surface area contributed by atoms with Crippen molar-refractivity contribution in [3.05, 3.63) is 35.6 Å². The lowest BCUT2D eigenvalue weighted by Gasteiger charge is -2.36. The highest BCUT2D eigenvalue weighted by atomic mass is 127. The third-order valence-corrected chi connectivity index (χ3v) is 5.60. The Morgan fingerprint density at radius 3 is 2.59 bits per heavy atom. The molecule has 0 radical (unpaired) electrons. The van der Waals surface area contributed by atoms with Crippen LogP contribution in [0.1, 0.15) is 44.6 Å². The molecule has 1 heterocycles. The van der Waals surface area contributed by atoms with Gasteiger partial charge in [0.2, 0.25) is 0 Å². The normalized spacial score (nSPS) is 18.8. The van der Waals surface area contributed by atoms with Gasteiger partial charge < -0.3 is 20.1 Å². The fourth-order valence-corrected chi connectivity index (χ4v) is 3.59. The Balaban J connectivity index is 0.00000300. The molecule has 164 valence electrons. The van der Waals surface area contributed by atoms with Gasteiger partial charge in [0.1, 0.15) is 5.82 Å². The van der Waals surface area contributed by atoms with Gasteiger partial charge >= 0.3 is 0 Å². The van der Waals surface area contributed by atoms with Gasteiger partial charge in [0.25, 0.3) is 0 Å². The zero-order valence-electron chi connectivity index (χ0n) is 17.4. The molecule has 3 rings (SSSR count). The molecule has 0 bridgehead atoms. The van der Waals surface area contributed by atoms with Crippen LogP contribution in [0.3, 0.4) is 0 Å². The first-order chi connectivity index (χ1) is 13.7. The van der Waals surface area contributed by atoms with Crippen LogP contribution in [-0.4, -0.2) is 52.0 Å². The summed E-state index contributed by atoms with van der Waals surface area (Å²) in [7, 11) is 0. The maximum Gasteiger partial charge on any atom is 0.191 e. The topological polar surface area (TPSA) is 54.9 Å². The lowest BCUT2D eigenvalue weighted by Crippen LogP contribution is -2.41. The van der Waals surface area contributed by atoms with Gasteiger partial charge in [0.05, 0.1) is 6.54 Å². The highest BCUT2D eigenvalue weighted by molar-refractivity contribution is 14.0. The highest BCUT2D eigenvalue weighted by Crippen LogP contribution is 2.35. The number of hydrogen-bond donors (Lipinski definition) is 2. The Morgan fingerprint density at radius 1 is 1.21 bits per heavy atom. The van der Waals surface area contributed by atoms with Crippen LogP contribution in [0.15, 0.2) is 29.3 Å². The lowest BCUT2D eigenvalue weighted by molar-refractivity contribution is 0.0531. The van der Waals surface area contributed by atoms with Gasteiger partial charge in [-0.1, -0.05) is 12.1 Å². The molecule has 1 saturated heterocycles. The van der Waals surface area contributed by atoms with Crippen LogP contribution in [0.4, 0.5) is 4.39 Å². The second kappa shape index (κ2) is 12.7. The number of guanidine groups is 1. The molecular weight excluding hydrogens is 484 g/mol. The minimum atomic E-state index is -0.201. The van der Waals surface area contributed by atoms with Crippen molar-refractivity contribution in [2.45, 2.75) is 44.4 Å². The second-order valence-electron chi connectivity index (χ2n) is 7.89. The third-order valence-electron chi connectivity index (χ3n) is 5.60. The molecule has 0 atom stereocenters. The summed E-state index contributed by atoms with van der Waals surface area (Å²) in [5, 5.41) is 6.74. The summed E-state index contributed by atoms with van der Waals surface area (Å²) >= 11 is 0. The summed E-state index contributed by atoms with van der Waals surface area (Å²) in [6.07, 6.45) is 5.42. The van der Waals surface area contributed by atoms with Gasteiger partial charge in [-0.25, -0.2) is 4.39 Å². The molecule has 29 heavy (non-hydrogen) atoms. The average Bonchev–Trinajstić information content (AvgIpc) is 3.54. The van der Waals surface area contributed by atoms with Crippen LogP contribution in [-0.2, 0) is 14.9 Å². The zero-order chi connectivity index (χ0) is 19.7. The number of rotatable bonds is 10. The number of ether oxygens (including phenoxy) is 2. The highest BCUT2D eigenvalue weighted by Gasteiger charge is 2.34. The number of hydrogen-bond acceptors (Lipinski definition) is 3. The van der Waals surface area contributed by atoms with E-state index in [2.05, 4.69) is 17.6 Å². The molecule has 7 heteroatoms. The van der Waals surface area contributed by atoms with E-state index in [0.29, 0.717) is 6.54 Å². The van der Waals surface area contributed by atoms with E-state index in [9.17, 15) is 4.39 Å². The van der Waals surface area contributed by atoms with Gasteiger partial charge in [-0.3, -0.25) is 4.99 Å². The number of benzene rings is 1. The minimum Gasteiger partial charge on any atom is -0.381 e. The van der Waals surface area contributed by atoms with Gasteiger partial charge in [0, 0.05) is 44.9 Å². The minimum absolute atomic E-state index is 0. The predicted molar refractivity (Wildman–Crippen MR) is 126 cm³/mol. The average molecular weight is 519 g/mol. The van der Waals surface area contributed by atoms with E-state index < -0.39 is 0 Å². The maximum absolute atomic E-state index is 13.4. The summed E-state index contributed by atoms with van der Waals surface area (Å²) in [6.45, 7) is 7.52. The first kappa shape index (κ1) is 24.3. The molecule has 1 aromatic carbocycles. The smallest absolute Gasteiger partial charge is 0.191 e. The standard InChI is InChI=1S/C22H34FN3O2.HI/c1-2-24-21(25-12-3-13-28-16-18-4-5-18)26-17-22(10-14-27-15-11-22)19-6-8-20(23)9-7-19;/h6-9,18H,2-5,10-17H2,1H3,(H2,24,25,26);1H. The van der Waals surface area contributed by atoms with Crippen molar-refractivity contribution in [3.63, 3.8) is 0 Å². The fraction of sp³-hybridized carbons (Fsp3) is 0.682. The largest absolute Gasteiger partial charge is 0.381 e. The SMILES string of the molecule is CCNC(=NCC1(c2ccc(F)cc2)CCOCC1)NCCCOCC1CC1.I. The van der Waals surface area contributed by atoms with Gasteiger partial charge in [-0.2, -0.15) is 0 Å². The van der Waals surface area contributed by atoms with Crippen molar-refractivity contribution in [1.82, 2.24) is 10.6 Å². The molecule has 0 spiro atoms. The number of halogens is 2. The maximum atomic E-state index is 13.4. The lowest BCUT2D eigenvalue weighted by atomic mass is 9.74. The Bertz CT molecular complexity index is 617. The Hall–Kier alpha value is -0.930. The zero-order valence-corrected chi connectivity index (χ0v) is 19.8. The van der Waals surface area contributed by atoms with Crippen LogP contribution in [0.5, 0.6) is 0 Å². The van der Waals surface area contributed by atoms with E-state index in [1.54, 1.807) is 12.1 Å². The molecule has 2 N–H and O–H groups in total. The summed E-state index contributed by atoms with van der Waals surface area (Å²) in [6, 6.07) is 6.88. The van der Waals surface area contributed by atoms with Crippen LogP contribution >= 0.6 is 24.0 Å². The van der Waals surface area contributed by atoms with Crippen molar-refractivity contribution in [2.75, 3.05) is 46.1 Å². The Morgan fingerprint density at radius 2 is 1.93 bits per heavy atom. The fourth-order valence-electron chi connectivity index (χ4n) is 3.59. The van der Waals surface area contributed by atoms with Crippen LogP contribution in [0.25, 0.3) is 0 Å². The Labute approximate surface area is 191 Å². The molecule has 1 aliphatic heterocycles. The van der Waals surface area contributed by atoms with Crippen molar-refractivity contribution in [2.24, 2.45) is 10.9 Å². The number of aliphatic imine (C=N–C) groups is 1. The Kier molecular flexibility index (Phi) is 10.7. The second-order valence-corrected chi connectivity index (χ2v) is 7.89. The summed E-state index contributed by atoms with van der Waals surface area (Å²) in [5.41, 5.74) is 1.05. The van der Waals surface area contributed by atoms with Crippen LogP contribution in [0.2, 0.25) is 0 Å². The summed E-state index contributed by atoms with van der Waals surface area (Å²) in [4.78, 5) is 4.87. The van der Waals surface area contributed by atoms with E-state index in [4.69, 9.17) is 14.5 Å². The van der Waals surface area contributed by atoms with Crippen molar-refractivity contribution in [1.29, 1.82) is 0 Å². The molecule has 0 aromatic heterocycles. The summed E-state index contributed by atoms with van der Waals surface area (Å²) < 4.78 is 24.7. The van der Waals surface area contributed by atoms with E-state index in [-0.39, 0.29) is 35.2 Å². The first-order valence-electron chi connectivity index (χ1n) is 10.7. The van der Waals surface area contributed by atoms with Gasteiger partial charge in [-0.15, -0.1) is 24.0 Å². The molecule has 0 unspecified atom stereocenters. The summed E-state index contributed by atoms with van der Waals surface area (Å²) in [5.74, 6) is 1.44. The van der Waals surface area contributed by atoms with E-state index in [1.165, 1.54) is 12.8 Å².